The Morgan fingerprint density at radius 2 is 0.818 bits per heavy atom. The van der Waals surface area contributed by atoms with Crippen LogP contribution in [0.2, 0.25) is 0 Å². The molecule has 14 heteroatoms. The van der Waals surface area contributed by atoms with Crippen molar-refractivity contribution in [3.05, 3.63) is 95.1 Å². The molecule has 362 valence electrons. The lowest BCUT2D eigenvalue weighted by molar-refractivity contribution is 0.00578. The van der Waals surface area contributed by atoms with Crippen LogP contribution in [0.15, 0.2) is 72.8 Å². The molecular weight excluding hydrogens is 830 g/mol. The van der Waals surface area contributed by atoms with Gasteiger partial charge in [0.1, 0.15) is 11.2 Å². The monoisotopic (exact) mass is 911 g/mol. The third-order valence-corrected chi connectivity index (χ3v) is 12.9. The van der Waals surface area contributed by atoms with Gasteiger partial charge in [-0.3, -0.25) is 9.80 Å². The molecule has 0 saturated carbocycles. The fraction of sp³-hybridized carbons (Fsp3) is 0.615. The molecule has 2 aliphatic rings. The van der Waals surface area contributed by atoms with Crippen molar-refractivity contribution in [2.75, 3.05) is 26.2 Å². The number of unbranched alkanes of at least 4 members (excludes halogenated alkanes) is 2. The van der Waals surface area contributed by atoms with Gasteiger partial charge in [0, 0.05) is 39.3 Å². The van der Waals surface area contributed by atoms with Gasteiger partial charge in [0.2, 0.25) is 0 Å². The number of nitrogens with one attached hydrogen (secondary N) is 2. The summed E-state index contributed by atoms with van der Waals surface area (Å²) in [5, 5.41) is 5.83. The number of hydrogen-bond acceptors (Lipinski definition) is 10. The lowest BCUT2D eigenvalue weighted by atomic mass is 9.76. The van der Waals surface area contributed by atoms with Crippen molar-refractivity contribution in [2.45, 2.75) is 182 Å². The predicted molar refractivity (Wildman–Crippen MR) is 266 cm³/mol. The van der Waals surface area contributed by atoms with Gasteiger partial charge in [0.05, 0.1) is 22.4 Å². The lowest BCUT2D eigenvalue weighted by Crippen LogP contribution is -2.41. The van der Waals surface area contributed by atoms with Crippen molar-refractivity contribution in [3.8, 4) is 0 Å². The Morgan fingerprint density at radius 3 is 1.14 bits per heavy atom. The highest BCUT2D eigenvalue weighted by atomic mass is 16.7. The first kappa shape index (κ1) is 53.1. The van der Waals surface area contributed by atoms with E-state index in [0.29, 0.717) is 26.2 Å². The van der Waals surface area contributed by atoms with E-state index >= 15 is 0 Å². The van der Waals surface area contributed by atoms with Gasteiger partial charge in [-0.25, -0.2) is 9.59 Å². The maximum atomic E-state index is 12.3. The molecule has 2 saturated heterocycles. The lowest BCUT2D eigenvalue weighted by Gasteiger charge is -2.32. The van der Waals surface area contributed by atoms with Crippen LogP contribution in [0.3, 0.4) is 0 Å². The largest absolute Gasteiger partial charge is 0.495 e. The Hall–Kier alpha value is -3.91. The van der Waals surface area contributed by atoms with E-state index < -0.39 is 60.0 Å². The number of carbonyl (C=O) groups is 2. The molecule has 2 aliphatic heterocycles. The zero-order valence-electron chi connectivity index (χ0n) is 42.7. The SMILES string of the molecule is CC(C)(C)OC(=O)NCCCCN(Cc1ccc(CN(CCCCNC(=O)OC(C)(C)C)Cc2ccccc2B2OC(C)(C)C(C)(C)O2)cc1)Cc1ccccc1B1OC(C)(C)C(C)(C)O1. The molecule has 0 radical (unpaired) electrons. The minimum Gasteiger partial charge on any atom is -0.444 e. The summed E-state index contributed by atoms with van der Waals surface area (Å²) < 4.78 is 37.0. The molecule has 0 spiro atoms. The highest BCUT2D eigenvalue weighted by Crippen LogP contribution is 2.38. The van der Waals surface area contributed by atoms with Crippen LogP contribution >= 0.6 is 0 Å². The minimum absolute atomic E-state index is 0.390. The number of alkyl carbamates (subject to hydrolysis) is 2. The smallest absolute Gasteiger partial charge is 0.444 e. The average Bonchev–Trinajstić information content (AvgIpc) is 3.56. The molecule has 2 amide bonds. The zero-order valence-corrected chi connectivity index (χ0v) is 42.7. The van der Waals surface area contributed by atoms with Gasteiger partial charge in [-0.15, -0.1) is 0 Å². The molecule has 2 fully saturated rings. The Bertz CT molecular complexity index is 1870. The molecule has 66 heavy (non-hydrogen) atoms. The molecule has 0 unspecified atom stereocenters. The van der Waals surface area contributed by atoms with Gasteiger partial charge in [-0.1, -0.05) is 72.8 Å². The summed E-state index contributed by atoms with van der Waals surface area (Å²) in [6, 6.07) is 25.8. The van der Waals surface area contributed by atoms with E-state index in [9.17, 15) is 9.59 Å². The van der Waals surface area contributed by atoms with Crippen molar-refractivity contribution in [3.63, 3.8) is 0 Å². The highest BCUT2D eigenvalue weighted by Gasteiger charge is 2.53. The van der Waals surface area contributed by atoms with E-state index in [1.54, 1.807) is 0 Å². The number of carbonyl (C=O) groups excluding carboxylic acids is 2. The van der Waals surface area contributed by atoms with E-state index in [1.165, 1.54) is 11.1 Å². The normalized spacial score (nSPS) is 17.6. The van der Waals surface area contributed by atoms with Crippen molar-refractivity contribution in [1.82, 2.24) is 20.4 Å². The van der Waals surface area contributed by atoms with Crippen LogP contribution in [-0.2, 0) is 54.3 Å². The molecule has 0 bridgehead atoms. The molecule has 2 heterocycles. The van der Waals surface area contributed by atoms with Crippen molar-refractivity contribution >= 4 is 37.3 Å². The van der Waals surface area contributed by atoms with Crippen LogP contribution in [0.1, 0.15) is 145 Å². The number of hydrogen-bond donors (Lipinski definition) is 2. The summed E-state index contributed by atoms with van der Waals surface area (Å²) in [5.74, 6) is 0. The van der Waals surface area contributed by atoms with Gasteiger partial charge in [-0.05, 0) is 169 Å². The van der Waals surface area contributed by atoms with Gasteiger partial charge in [-0.2, -0.15) is 0 Å². The van der Waals surface area contributed by atoms with Crippen molar-refractivity contribution < 1.29 is 37.7 Å². The van der Waals surface area contributed by atoms with Gasteiger partial charge in [0.25, 0.3) is 0 Å². The van der Waals surface area contributed by atoms with Crippen LogP contribution in [0.4, 0.5) is 9.59 Å². The first-order chi connectivity index (χ1) is 30.7. The second-order valence-corrected chi connectivity index (χ2v) is 22.1. The summed E-state index contributed by atoms with van der Waals surface area (Å²) in [4.78, 5) is 29.6. The van der Waals surface area contributed by atoms with Crippen LogP contribution in [0.25, 0.3) is 0 Å². The number of rotatable bonds is 20. The van der Waals surface area contributed by atoms with E-state index in [1.807, 2.05) is 41.5 Å². The van der Waals surface area contributed by atoms with Crippen LogP contribution in [0, 0.1) is 0 Å². The maximum Gasteiger partial charge on any atom is 0.495 e. The highest BCUT2D eigenvalue weighted by molar-refractivity contribution is 6.63. The second-order valence-electron chi connectivity index (χ2n) is 22.1. The van der Waals surface area contributed by atoms with E-state index in [2.05, 4.69) is 149 Å². The summed E-state index contributed by atoms with van der Waals surface area (Å²) in [6.07, 6.45) is 2.64. The number of nitrogens with zero attached hydrogens (tertiary/aromatic N) is 2. The fourth-order valence-corrected chi connectivity index (χ4v) is 7.86. The second kappa shape index (κ2) is 22.0. The first-order valence-corrected chi connectivity index (χ1v) is 24.1. The average molecular weight is 911 g/mol. The van der Waals surface area contributed by atoms with E-state index in [-0.39, 0.29) is 0 Å². The maximum absolute atomic E-state index is 12.3. The van der Waals surface area contributed by atoms with Gasteiger partial charge in [0.15, 0.2) is 0 Å². The molecule has 2 N–H and O–H groups in total. The van der Waals surface area contributed by atoms with Crippen molar-refractivity contribution in [1.29, 1.82) is 0 Å². The molecule has 5 rings (SSSR count). The Labute approximate surface area is 397 Å². The Morgan fingerprint density at radius 1 is 0.500 bits per heavy atom. The summed E-state index contributed by atoms with van der Waals surface area (Å²) >= 11 is 0. The molecular formula is C52H80B2N4O8. The molecule has 3 aromatic carbocycles. The minimum atomic E-state index is -0.540. The third-order valence-electron chi connectivity index (χ3n) is 12.9. The van der Waals surface area contributed by atoms with E-state index in [0.717, 1.165) is 73.9 Å². The molecule has 0 atom stereocenters. The first-order valence-electron chi connectivity index (χ1n) is 24.1. The molecule has 0 aliphatic carbocycles. The van der Waals surface area contributed by atoms with Crippen molar-refractivity contribution in [2.24, 2.45) is 0 Å². The summed E-state index contributed by atoms with van der Waals surface area (Å²) in [6.45, 7) is 33.6. The number of benzene rings is 3. The van der Waals surface area contributed by atoms with E-state index in [4.69, 9.17) is 28.1 Å². The molecule has 3 aromatic rings. The topological polar surface area (TPSA) is 120 Å². The Balaban J connectivity index is 1.30. The number of amides is 2. The third kappa shape index (κ3) is 15.6. The fourth-order valence-electron chi connectivity index (χ4n) is 7.86. The summed E-state index contributed by atoms with van der Waals surface area (Å²) in [7, 11) is -0.920. The zero-order chi connectivity index (χ0) is 48.6. The molecule has 12 nitrogen and oxygen atoms in total. The number of ether oxygens (including phenoxy) is 2. The standard InChI is InChI=1S/C52H80B2N4O8/c1-47(2,3)61-45(59)55-31-19-21-33-57(37-41-23-15-17-25-43(41)53-63-49(7,8)50(9,10)64-53)35-39-27-29-40(30-28-39)36-58(34-22-20-32-56-46(60)62-48(4,5)6)38-42-24-16-18-26-44(42)54-65-51(11,12)52(13,14)66-54/h15-18,23-30H,19-22,31-38H2,1-14H3,(H,55,59)(H,56,60). The quantitative estimate of drug-likeness (QED) is 0.0841. The predicted octanol–water partition coefficient (Wildman–Crippen LogP) is 8.90. The molecule has 0 aromatic heterocycles. The van der Waals surface area contributed by atoms with Crippen LogP contribution < -0.4 is 21.6 Å². The van der Waals surface area contributed by atoms with Gasteiger partial charge >= 0.3 is 26.4 Å². The van der Waals surface area contributed by atoms with Crippen LogP contribution in [-0.4, -0.2) is 96.0 Å². The summed E-state index contributed by atoms with van der Waals surface area (Å²) in [5.41, 5.74) is 3.98. The van der Waals surface area contributed by atoms with Gasteiger partial charge < -0.3 is 38.7 Å². The Kier molecular flexibility index (Phi) is 17.7. The van der Waals surface area contributed by atoms with Crippen LogP contribution in [0.5, 0.6) is 0 Å².